The number of fused-ring (bicyclic) bond motifs is 2. The van der Waals surface area contributed by atoms with Gasteiger partial charge in [-0.25, -0.2) is 4.63 Å². The molecular weight excluding hydrogens is 334 g/mol. The molecule has 3 heterocycles. The molecule has 0 spiro atoms. The van der Waals surface area contributed by atoms with Gasteiger partial charge in [0.2, 0.25) is 5.91 Å². The molecule has 8 heteroatoms. The van der Waals surface area contributed by atoms with Gasteiger partial charge in [0.15, 0.2) is 0 Å². The van der Waals surface area contributed by atoms with E-state index in [0.29, 0.717) is 22.4 Å². The molecular formula is C18H19N5O3. The highest BCUT2D eigenvalue weighted by molar-refractivity contribution is 5.95. The molecule has 1 aliphatic heterocycles. The van der Waals surface area contributed by atoms with Gasteiger partial charge in [0.25, 0.3) is 5.56 Å². The van der Waals surface area contributed by atoms with Crippen molar-refractivity contribution in [3.8, 4) is 0 Å². The van der Waals surface area contributed by atoms with Crippen molar-refractivity contribution in [1.82, 2.24) is 20.1 Å². The van der Waals surface area contributed by atoms with Crippen molar-refractivity contribution < 1.29 is 9.42 Å². The van der Waals surface area contributed by atoms with Crippen LogP contribution in [-0.4, -0.2) is 26.0 Å². The van der Waals surface area contributed by atoms with Crippen LogP contribution in [0.15, 0.2) is 27.6 Å². The maximum absolute atomic E-state index is 12.8. The van der Waals surface area contributed by atoms with Crippen molar-refractivity contribution in [1.29, 1.82) is 0 Å². The van der Waals surface area contributed by atoms with Crippen LogP contribution in [0.4, 0.5) is 5.82 Å². The molecule has 0 radical (unpaired) electrons. The third-order valence-electron chi connectivity index (χ3n) is 5.59. The first kappa shape index (κ1) is 15.4. The van der Waals surface area contributed by atoms with Gasteiger partial charge in [-0.2, -0.15) is 0 Å². The number of H-pyrrole nitrogens is 1. The Bertz CT molecular complexity index is 1040. The summed E-state index contributed by atoms with van der Waals surface area (Å²) in [5, 5.41) is 13.7. The molecule has 1 aliphatic carbocycles. The van der Waals surface area contributed by atoms with Gasteiger partial charge in [0.05, 0.1) is 11.6 Å². The lowest BCUT2D eigenvalue weighted by molar-refractivity contribution is -0.116. The summed E-state index contributed by atoms with van der Waals surface area (Å²) >= 11 is 0. The predicted molar refractivity (Wildman–Crippen MR) is 94.1 cm³/mol. The van der Waals surface area contributed by atoms with E-state index in [1.807, 2.05) is 16.8 Å². The lowest BCUT2D eigenvalue weighted by Gasteiger charge is -2.28. The minimum atomic E-state index is -0.358. The van der Waals surface area contributed by atoms with E-state index in [9.17, 15) is 9.59 Å². The lowest BCUT2D eigenvalue weighted by Crippen LogP contribution is -2.27. The number of hydrogen-bond donors (Lipinski definition) is 2. The maximum Gasteiger partial charge on any atom is 0.270 e. The molecule has 1 aromatic carbocycles. The van der Waals surface area contributed by atoms with Crippen LogP contribution in [0, 0.1) is 0 Å². The van der Waals surface area contributed by atoms with Crippen LogP contribution in [0.25, 0.3) is 11.0 Å². The highest BCUT2D eigenvalue weighted by Gasteiger charge is 2.35. The van der Waals surface area contributed by atoms with Gasteiger partial charge in [0, 0.05) is 12.3 Å². The summed E-state index contributed by atoms with van der Waals surface area (Å²) in [4.78, 5) is 25.2. The quantitative estimate of drug-likeness (QED) is 0.737. The van der Waals surface area contributed by atoms with Crippen molar-refractivity contribution in [2.75, 3.05) is 5.32 Å². The molecule has 5 rings (SSSR count). The SMILES string of the molecule is O=C1CC(c2cccc3nonc23)c2c(n(C3CCCCC3)[nH]c2=O)N1. The molecule has 1 saturated carbocycles. The van der Waals surface area contributed by atoms with Gasteiger partial charge in [0.1, 0.15) is 16.9 Å². The van der Waals surface area contributed by atoms with E-state index < -0.39 is 0 Å². The molecule has 1 unspecified atom stereocenters. The van der Waals surface area contributed by atoms with E-state index >= 15 is 0 Å². The summed E-state index contributed by atoms with van der Waals surface area (Å²) in [5.41, 5.74) is 2.47. The zero-order valence-electron chi connectivity index (χ0n) is 14.2. The van der Waals surface area contributed by atoms with Crippen molar-refractivity contribution in [2.24, 2.45) is 0 Å². The first-order valence-corrected chi connectivity index (χ1v) is 9.08. The molecule has 1 atom stereocenters. The van der Waals surface area contributed by atoms with Gasteiger partial charge in [-0.1, -0.05) is 31.4 Å². The van der Waals surface area contributed by atoms with Crippen LogP contribution in [0.3, 0.4) is 0 Å². The van der Waals surface area contributed by atoms with Crippen molar-refractivity contribution in [3.63, 3.8) is 0 Å². The second-order valence-corrected chi connectivity index (χ2v) is 7.15. The zero-order valence-corrected chi connectivity index (χ0v) is 14.2. The molecule has 26 heavy (non-hydrogen) atoms. The van der Waals surface area contributed by atoms with Crippen LogP contribution in [-0.2, 0) is 4.79 Å². The van der Waals surface area contributed by atoms with E-state index in [0.717, 1.165) is 31.2 Å². The fraction of sp³-hybridized carbons (Fsp3) is 0.444. The van der Waals surface area contributed by atoms with Crippen molar-refractivity contribution in [3.05, 3.63) is 39.7 Å². The third-order valence-corrected chi connectivity index (χ3v) is 5.59. The summed E-state index contributed by atoms with van der Waals surface area (Å²) in [6.07, 6.45) is 5.74. The van der Waals surface area contributed by atoms with Gasteiger partial charge in [-0.05, 0) is 34.8 Å². The van der Waals surface area contributed by atoms with Crippen LogP contribution >= 0.6 is 0 Å². The maximum atomic E-state index is 12.8. The fourth-order valence-electron chi connectivity index (χ4n) is 4.37. The van der Waals surface area contributed by atoms with Crippen molar-refractivity contribution >= 4 is 22.8 Å². The van der Waals surface area contributed by atoms with E-state index in [2.05, 4.69) is 20.7 Å². The second kappa shape index (κ2) is 5.82. The van der Waals surface area contributed by atoms with E-state index in [-0.39, 0.29) is 29.8 Å². The molecule has 8 nitrogen and oxygen atoms in total. The fourth-order valence-corrected chi connectivity index (χ4v) is 4.37. The summed E-state index contributed by atoms with van der Waals surface area (Å²) in [6.45, 7) is 0. The summed E-state index contributed by atoms with van der Waals surface area (Å²) in [7, 11) is 0. The first-order valence-electron chi connectivity index (χ1n) is 9.08. The number of benzene rings is 1. The Balaban J connectivity index is 1.67. The Morgan fingerprint density at radius 3 is 2.81 bits per heavy atom. The second-order valence-electron chi connectivity index (χ2n) is 7.15. The number of nitrogens with one attached hydrogen (secondary N) is 2. The highest BCUT2D eigenvalue weighted by Crippen LogP contribution is 2.39. The number of amides is 1. The standard InChI is InChI=1S/C18H19N5O3/c24-14-9-12(11-7-4-8-13-16(11)22-26-21-13)15-17(19-14)23(20-18(15)25)10-5-2-1-3-6-10/h4,7-8,10,12H,1-3,5-6,9H2,(H,19,24)(H,20,25). The Kier molecular flexibility index (Phi) is 3.44. The van der Waals surface area contributed by atoms with E-state index in [1.54, 1.807) is 6.07 Å². The van der Waals surface area contributed by atoms with Crippen LogP contribution < -0.4 is 10.9 Å². The number of carbonyl (C=O) groups is 1. The summed E-state index contributed by atoms with van der Waals surface area (Å²) < 4.78 is 6.73. The van der Waals surface area contributed by atoms with E-state index in [1.165, 1.54) is 6.42 Å². The van der Waals surface area contributed by atoms with Gasteiger partial charge in [-0.3, -0.25) is 19.4 Å². The summed E-state index contributed by atoms with van der Waals surface area (Å²) in [6, 6.07) is 5.76. The molecule has 1 fully saturated rings. The number of rotatable bonds is 2. The Labute approximate surface area is 148 Å². The summed E-state index contributed by atoms with van der Waals surface area (Å²) in [5.74, 6) is 0.152. The predicted octanol–water partition coefficient (Wildman–Crippen LogP) is 2.69. The highest BCUT2D eigenvalue weighted by atomic mass is 16.6. The minimum Gasteiger partial charge on any atom is -0.311 e. The van der Waals surface area contributed by atoms with Crippen molar-refractivity contribution in [2.45, 2.75) is 50.5 Å². The smallest absolute Gasteiger partial charge is 0.270 e. The number of aromatic nitrogens is 4. The number of carbonyl (C=O) groups excluding carboxylic acids is 1. The van der Waals surface area contributed by atoms with Crippen LogP contribution in [0.2, 0.25) is 0 Å². The zero-order chi connectivity index (χ0) is 17.7. The van der Waals surface area contributed by atoms with E-state index in [4.69, 9.17) is 4.63 Å². The molecule has 2 aliphatic rings. The minimum absolute atomic E-state index is 0.0977. The molecule has 0 bridgehead atoms. The van der Waals surface area contributed by atoms with Gasteiger partial charge >= 0.3 is 0 Å². The molecule has 1 amide bonds. The monoisotopic (exact) mass is 353 g/mol. The van der Waals surface area contributed by atoms with Crippen LogP contribution in [0.5, 0.6) is 0 Å². The third kappa shape index (κ3) is 2.28. The Hall–Kier alpha value is -2.90. The number of nitrogens with zero attached hydrogens (tertiary/aromatic N) is 3. The molecule has 3 aromatic rings. The topological polar surface area (TPSA) is 106 Å². The largest absolute Gasteiger partial charge is 0.311 e. The van der Waals surface area contributed by atoms with Gasteiger partial charge in [-0.15, -0.1) is 0 Å². The normalized spacial score (nSPS) is 20.9. The number of aromatic amines is 1. The molecule has 134 valence electrons. The number of anilines is 1. The molecule has 2 aromatic heterocycles. The van der Waals surface area contributed by atoms with Gasteiger partial charge < -0.3 is 5.32 Å². The molecule has 0 saturated heterocycles. The first-order chi connectivity index (χ1) is 12.7. The molecule has 2 N–H and O–H groups in total. The lowest BCUT2D eigenvalue weighted by atomic mass is 9.86. The number of hydrogen-bond acceptors (Lipinski definition) is 5. The average molecular weight is 353 g/mol. The Morgan fingerprint density at radius 2 is 1.96 bits per heavy atom. The Morgan fingerprint density at radius 1 is 1.12 bits per heavy atom. The average Bonchev–Trinajstić information content (AvgIpc) is 3.26. The van der Waals surface area contributed by atoms with Crippen LogP contribution in [0.1, 0.15) is 61.6 Å².